The Morgan fingerprint density at radius 1 is 1.21 bits per heavy atom. The van der Waals surface area contributed by atoms with Gasteiger partial charge in [0.1, 0.15) is 5.52 Å². The summed E-state index contributed by atoms with van der Waals surface area (Å²) in [5.41, 5.74) is 2.19. The van der Waals surface area contributed by atoms with Crippen molar-refractivity contribution in [1.29, 1.82) is 0 Å². The largest absolute Gasteiger partial charge is 0.424 e. The van der Waals surface area contributed by atoms with Crippen LogP contribution in [0.3, 0.4) is 0 Å². The van der Waals surface area contributed by atoms with E-state index in [0.29, 0.717) is 16.1 Å². The van der Waals surface area contributed by atoms with Gasteiger partial charge in [-0.05, 0) is 37.3 Å². The number of nitrogens with one attached hydrogen (secondary N) is 1. The first kappa shape index (κ1) is 16.8. The van der Waals surface area contributed by atoms with Crippen molar-refractivity contribution in [2.24, 2.45) is 0 Å². The number of halogens is 1. The van der Waals surface area contributed by atoms with Crippen molar-refractivity contribution in [3.63, 3.8) is 0 Å². The fourth-order valence-electron chi connectivity index (χ4n) is 2.06. The van der Waals surface area contributed by atoms with Gasteiger partial charge in [0, 0.05) is 11.6 Å². The first-order chi connectivity index (χ1) is 11.4. The lowest BCUT2D eigenvalue weighted by atomic mass is 10.2. The van der Waals surface area contributed by atoms with E-state index >= 15 is 0 Å². The number of aromatic nitrogens is 1. The Kier molecular flexibility index (Phi) is 4.75. The molecule has 1 aromatic heterocycles. The molecule has 3 aromatic rings. The van der Waals surface area contributed by atoms with Crippen molar-refractivity contribution in [2.45, 2.75) is 11.8 Å². The molecule has 0 spiro atoms. The topological polar surface area (TPSA) is 81.4 Å². The standard InChI is InChI=1S/C16H15ClN2O4S/c1-11-2-5-13(6-3-11)24(20,21)22-9-8-18-16-19-14-10-12(17)4-7-15(14)23-16/h2-7,10H,8-9H2,1H3,(H,18,19). The van der Waals surface area contributed by atoms with Gasteiger partial charge in [0.05, 0.1) is 11.5 Å². The van der Waals surface area contributed by atoms with Gasteiger partial charge in [-0.1, -0.05) is 29.3 Å². The molecule has 0 bridgehead atoms. The normalized spacial score (nSPS) is 11.8. The Labute approximate surface area is 144 Å². The van der Waals surface area contributed by atoms with Crippen molar-refractivity contribution >= 4 is 38.8 Å². The number of nitrogens with zero attached hydrogens (tertiary/aromatic N) is 1. The number of aryl methyl sites for hydroxylation is 1. The zero-order valence-corrected chi connectivity index (χ0v) is 14.4. The monoisotopic (exact) mass is 366 g/mol. The van der Waals surface area contributed by atoms with Crippen LogP contribution in [-0.4, -0.2) is 26.6 Å². The maximum atomic E-state index is 12.0. The number of hydrogen-bond donors (Lipinski definition) is 1. The number of hydrogen-bond acceptors (Lipinski definition) is 6. The number of oxazole rings is 1. The third kappa shape index (κ3) is 3.87. The van der Waals surface area contributed by atoms with Crippen LogP contribution in [0.1, 0.15) is 5.56 Å². The van der Waals surface area contributed by atoms with Gasteiger partial charge < -0.3 is 9.73 Å². The Balaban J connectivity index is 1.56. The zero-order valence-electron chi connectivity index (χ0n) is 12.8. The molecule has 0 radical (unpaired) electrons. The quantitative estimate of drug-likeness (QED) is 0.530. The predicted octanol–water partition coefficient (Wildman–Crippen LogP) is 3.61. The summed E-state index contributed by atoms with van der Waals surface area (Å²) in [5, 5.41) is 3.44. The highest BCUT2D eigenvalue weighted by atomic mass is 35.5. The second kappa shape index (κ2) is 6.80. The van der Waals surface area contributed by atoms with Crippen molar-refractivity contribution in [3.05, 3.63) is 53.1 Å². The summed E-state index contributed by atoms with van der Waals surface area (Å²) in [7, 11) is -3.77. The Hall–Kier alpha value is -2.09. The van der Waals surface area contributed by atoms with Crippen LogP contribution in [0.15, 0.2) is 51.8 Å². The molecule has 0 unspecified atom stereocenters. The number of anilines is 1. The fourth-order valence-corrected chi connectivity index (χ4v) is 3.13. The minimum atomic E-state index is -3.77. The van der Waals surface area contributed by atoms with Gasteiger partial charge in [0.2, 0.25) is 0 Å². The summed E-state index contributed by atoms with van der Waals surface area (Å²) < 4.78 is 34.5. The lowest BCUT2D eigenvalue weighted by Gasteiger charge is -2.06. The molecule has 0 fully saturated rings. The molecular weight excluding hydrogens is 352 g/mol. The van der Waals surface area contributed by atoms with E-state index in [1.54, 1.807) is 30.3 Å². The SMILES string of the molecule is Cc1ccc(S(=O)(=O)OCCNc2nc3cc(Cl)ccc3o2)cc1. The maximum Gasteiger partial charge on any atom is 0.297 e. The molecular formula is C16H15ClN2O4S. The van der Waals surface area contributed by atoms with Crippen LogP contribution in [-0.2, 0) is 14.3 Å². The minimum absolute atomic E-state index is 0.0459. The third-order valence-electron chi connectivity index (χ3n) is 3.28. The van der Waals surface area contributed by atoms with E-state index < -0.39 is 10.1 Å². The van der Waals surface area contributed by atoms with Gasteiger partial charge in [-0.25, -0.2) is 0 Å². The molecule has 126 valence electrons. The van der Waals surface area contributed by atoms with Gasteiger partial charge in [-0.3, -0.25) is 4.18 Å². The molecule has 0 saturated heterocycles. The van der Waals surface area contributed by atoms with Gasteiger partial charge >= 0.3 is 0 Å². The summed E-state index contributed by atoms with van der Waals surface area (Å²) >= 11 is 5.88. The molecule has 0 saturated carbocycles. The average Bonchev–Trinajstić information content (AvgIpc) is 2.94. The molecule has 24 heavy (non-hydrogen) atoms. The first-order valence-corrected chi connectivity index (χ1v) is 8.99. The lowest BCUT2D eigenvalue weighted by Crippen LogP contribution is -2.14. The first-order valence-electron chi connectivity index (χ1n) is 7.20. The molecule has 0 atom stereocenters. The number of rotatable bonds is 6. The molecule has 0 aliphatic rings. The Morgan fingerprint density at radius 3 is 2.71 bits per heavy atom. The van der Waals surface area contributed by atoms with Gasteiger partial charge in [0.15, 0.2) is 5.58 Å². The Bertz CT molecular complexity index is 952. The lowest BCUT2D eigenvalue weighted by molar-refractivity contribution is 0.330. The predicted molar refractivity (Wildman–Crippen MR) is 91.8 cm³/mol. The van der Waals surface area contributed by atoms with E-state index in [-0.39, 0.29) is 24.1 Å². The van der Waals surface area contributed by atoms with E-state index in [4.69, 9.17) is 20.2 Å². The van der Waals surface area contributed by atoms with Crippen LogP contribution < -0.4 is 5.32 Å². The van der Waals surface area contributed by atoms with Crippen LogP contribution in [0.25, 0.3) is 11.1 Å². The zero-order chi connectivity index (χ0) is 17.2. The van der Waals surface area contributed by atoms with E-state index in [2.05, 4.69) is 10.3 Å². The molecule has 0 aliphatic heterocycles. The van der Waals surface area contributed by atoms with E-state index in [9.17, 15) is 8.42 Å². The average molecular weight is 367 g/mol. The number of fused-ring (bicyclic) bond motifs is 1. The number of benzene rings is 2. The van der Waals surface area contributed by atoms with Crippen LogP contribution in [0.4, 0.5) is 6.01 Å². The second-order valence-electron chi connectivity index (χ2n) is 5.15. The molecule has 1 heterocycles. The molecule has 0 aliphatic carbocycles. The summed E-state index contributed by atoms with van der Waals surface area (Å²) in [6.07, 6.45) is 0. The van der Waals surface area contributed by atoms with Crippen LogP contribution >= 0.6 is 11.6 Å². The van der Waals surface area contributed by atoms with Crippen LogP contribution in [0.5, 0.6) is 0 Å². The Morgan fingerprint density at radius 2 is 1.96 bits per heavy atom. The summed E-state index contributed by atoms with van der Waals surface area (Å²) in [6.45, 7) is 2.07. The highest BCUT2D eigenvalue weighted by Gasteiger charge is 2.14. The third-order valence-corrected chi connectivity index (χ3v) is 4.84. The van der Waals surface area contributed by atoms with Gasteiger partial charge in [0.25, 0.3) is 16.1 Å². The van der Waals surface area contributed by atoms with E-state index in [0.717, 1.165) is 5.56 Å². The summed E-state index contributed by atoms with van der Waals surface area (Å²) in [6, 6.07) is 11.9. The molecule has 1 N–H and O–H groups in total. The van der Waals surface area contributed by atoms with E-state index in [1.165, 1.54) is 12.1 Å². The molecule has 3 rings (SSSR count). The van der Waals surface area contributed by atoms with Crippen LogP contribution in [0.2, 0.25) is 5.02 Å². The van der Waals surface area contributed by atoms with Gasteiger partial charge in [-0.15, -0.1) is 0 Å². The minimum Gasteiger partial charge on any atom is -0.424 e. The van der Waals surface area contributed by atoms with Crippen LogP contribution in [0, 0.1) is 6.92 Å². The van der Waals surface area contributed by atoms with Gasteiger partial charge in [-0.2, -0.15) is 13.4 Å². The molecule has 0 amide bonds. The smallest absolute Gasteiger partial charge is 0.297 e. The summed E-state index contributed by atoms with van der Waals surface area (Å²) in [4.78, 5) is 4.34. The van der Waals surface area contributed by atoms with Crippen molar-refractivity contribution in [1.82, 2.24) is 4.98 Å². The van der Waals surface area contributed by atoms with Crippen molar-refractivity contribution in [2.75, 3.05) is 18.5 Å². The van der Waals surface area contributed by atoms with Crippen molar-refractivity contribution < 1.29 is 17.0 Å². The summed E-state index contributed by atoms with van der Waals surface area (Å²) in [5.74, 6) is 0. The molecule has 8 heteroatoms. The van der Waals surface area contributed by atoms with E-state index in [1.807, 2.05) is 6.92 Å². The second-order valence-corrected chi connectivity index (χ2v) is 7.20. The van der Waals surface area contributed by atoms with Crippen molar-refractivity contribution in [3.8, 4) is 0 Å². The highest BCUT2D eigenvalue weighted by molar-refractivity contribution is 7.86. The molecule has 2 aromatic carbocycles. The molecule has 6 nitrogen and oxygen atoms in total. The highest BCUT2D eigenvalue weighted by Crippen LogP contribution is 2.22. The maximum absolute atomic E-state index is 12.0. The fraction of sp³-hybridized carbons (Fsp3) is 0.188.